The smallest absolute Gasteiger partial charge is 0.311 e. The van der Waals surface area contributed by atoms with Crippen molar-refractivity contribution in [1.29, 1.82) is 0 Å². The first-order chi connectivity index (χ1) is 14.7. The number of aryl methyl sites for hydroxylation is 1. The number of rotatable bonds is 6. The van der Waals surface area contributed by atoms with Gasteiger partial charge in [0.2, 0.25) is 5.91 Å². The molecule has 2 aromatic rings. The van der Waals surface area contributed by atoms with Gasteiger partial charge in [0.1, 0.15) is 0 Å². The average molecular weight is 464 g/mol. The molecule has 1 saturated heterocycles. The lowest BCUT2D eigenvalue weighted by molar-refractivity contribution is -0.151. The molecule has 1 heterocycles. The minimum atomic E-state index is -0.798. The minimum Gasteiger partial charge on any atom is -0.455 e. The summed E-state index contributed by atoms with van der Waals surface area (Å²) >= 11 is 11.8. The lowest BCUT2D eigenvalue weighted by atomic mass is 10.1. The fourth-order valence-electron chi connectivity index (χ4n) is 2.90. The minimum absolute atomic E-state index is 0.0446. The van der Waals surface area contributed by atoms with Gasteiger partial charge >= 0.3 is 5.97 Å². The van der Waals surface area contributed by atoms with E-state index in [9.17, 15) is 19.2 Å². The largest absolute Gasteiger partial charge is 0.455 e. The summed E-state index contributed by atoms with van der Waals surface area (Å²) in [6, 6.07) is 11.4. The molecular weight excluding hydrogens is 445 g/mol. The second-order valence-electron chi connectivity index (χ2n) is 6.99. The Morgan fingerprint density at radius 2 is 1.84 bits per heavy atom. The summed E-state index contributed by atoms with van der Waals surface area (Å²) in [7, 11) is 0. The fraction of sp³-hybridized carbons (Fsp3) is 0.238. The summed E-state index contributed by atoms with van der Waals surface area (Å²) in [6.45, 7) is 1.30. The SMILES string of the molecule is Cc1ccc(C(=O)NN2C[C@H](C(=O)OCC(=O)Nc3cc(Cl)ccc3Cl)CC2=O)cc1. The third-order valence-corrected chi connectivity index (χ3v) is 5.12. The quantitative estimate of drug-likeness (QED) is 0.640. The number of hydrogen-bond acceptors (Lipinski definition) is 5. The molecule has 1 fully saturated rings. The van der Waals surface area contributed by atoms with Crippen molar-refractivity contribution in [2.24, 2.45) is 5.92 Å². The Balaban J connectivity index is 1.49. The molecular formula is C21H19Cl2N3O5. The van der Waals surface area contributed by atoms with E-state index < -0.39 is 36.2 Å². The summed E-state index contributed by atoms with van der Waals surface area (Å²) in [5.41, 5.74) is 4.17. The van der Waals surface area contributed by atoms with Gasteiger partial charge in [0.25, 0.3) is 11.8 Å². The molecule has 31 heavy (non-hydrogen) atoms. The van der Waals surface area contributed by atoms with E-state index in [0.29, 0.717) is 10.6 Å². The predicted molar refractivity (Wildman–Crippen MR) is 115 cm³/mol. The standard InChI is InChI=1S/C21H19Cl2N3O5/c1-12-2-4-13(5-3-12)20(29)25-26-10-14(8-19(26)28)21(30)31-11-18(27)24-17-9-15(22)6-7-16(17)23/h2-7,9,14H,8,10-11H2,1H3,(H,24,27)(H,25,29)/t14-/m1/s1. The van der Waals surface area contributed by atoms with Crippen LogP contribution in [0, 0.1) is 12.8 Å². The number of halogens is 2. The van der Waals surface area contributed by atoms with Gasteiger partial charge in [-0.05, 0) is 37.3 Å². The second-order valence-corrected chi connectivity index (χ2v) is 7.84. The van der Waals surface area contributed by atoms with E-state index in [1.165, 1.54) is 12.1 Å². The van der Waals surface area contributed by atoms with E-state index in [0.717, 1.165) is 10.6 Å². The highest BCUT2D eigenvalue weighted by Gasteiger charge is 2.36. The van der Waals surface area contributed by atoms with Crippen LogP contribution in [-0.2, 0) is 19.1 Å². The van der Waals surface area contributed by atoms with Crippen molar-refractivity contribution in [2.75, 3.05) is 18.5 Å². The highest BCUT2D eigenvalue weighted by atomic mass is 35.5. The maximum absolute atomic E-state index is 12.3. The summed E-state index contributed by atoms with van der Waals surface area (Å²) in [6.07, 6.45) is -0.130. The highest BCUT2D eigenvalue weighted by molar-refractivity contribution is 6.35. The molecule has 3 rings (SSSR count). The third kappa shape index (κ3) is 5.96. The van der Waals surface area contributed by atoms with Gasteiger partial charge in [-0.2, -0.15) is 0 Å². The van der Waals surface area contributed by atoms with E-state index in [1.807, 2.05) is 6.92 Å². The Labute approximate surface area is 188 Å². The molecule has 2 aromatic carbocycles. The van der Waals surface area contributed by atoms with Crippen molar-refractivity contribution in [2.45, 2.75) is 13.3 Å². The molecule has 1 atom stereocenters. The highest BCUT2D eigenvalue weighted by Crippen LogP contribution is 2.25. The molecule has 0 spiro atoms. The number of ether oxygens (including phenoxy) is 1. The van der Waals surface area contributed by atoms with E-state index in [4.69, 9.17) is 27.9 Å². The number of hydrogen-bond donors (Lipinski definition) is 2. The number of esters is 1. The summed E-state index contributed by atoms with van der Waals surface area (Å²) < 4.78 is 5.01. The van der Waals surface area contributed by atoms with E-state index in [-0.39, 0.29) is 23.7 Å². The van der Waals surface area contributed by atoms with Gasteiger partial charge in [0.05, 0.1) is 23.2 Å². The van der Waals surface area contributed by atoms with Crippen molar-refractivity contribution in [1.82, 2.24) is 10.4 Å². The molecule has 1 aliphatic heterocycles. The molecule has 3 amide bonds. The number of carbonyl (C=O) groups is 4. The van der Waals surface area contributed by atoms with E-state index in [2.05, 4.69) is 10.7 Å². The fourth-order valence-corrected chi connectivity index (χ4v) is 3.24. The molecule has 0 aliphatic carbocycles. The van der Waals surface area contributed by atoms with Crippen LogP contribution < -0.4 is 10.7 Å². The van der Waals surface area contributed by atoms with Gasteiger partial charge in [-0.1, -0.05) is 40.9 Å². The van der Waals surface area contributed by atoms with Gasteiger partial charge in [-0.3, -0.25) is 29.6 Å². The molecule has 0 radical (unpaired) electrons. The van der Waals surface area contributed by atoms with Crippen LogP contribution in [0.2, 0.25) is 10.0 Å². The first kappa shape index (κ1) is 22.6. The van der Waals surface area contributed by atoms with Crippen molar-refractivity contribution in [3.8, 4) is 0 Å². The molecule has 162 valence electrons. The maximum atomic E-state index is 12.3. The Bertz CT molecular complexity index is 1030. The van der Waals surface area contributed by atoms with Gasteiger partial charge in [-0.15, -0.1) is 0 Å². The molecule has 0 saturated carbocycles. The molecule has 8 nitrogen and oxygen atoms in total. The van der Waals surface area contributed by atoms with Gasteiger partial charge in [0, 0.05) is 17.0 Å². The van der Waals surface area contributed by atoms with Crippen LogP contribution in [-0.4, -0.2) is 41.9 Å². The van der Waals surface area contributed by atoms with Crippen LogP contribution in [0.5, 0.6) is 0 Å². The molecule has 1 aliphatic rings. The molecule has 2 N–H and O–H groups in total. The zero-order valence-corrected chi connectivity index (χ0v) is 18.0. The van der Waals surface area contributed by atoms with Crippen LogP contribution in [0.25, 0.3) is 0 Å². The van der Waals surface area contributed by atoms with Crippen molar-refractivity contribution in [3.63, 3.8) is 0 Å². The van der Waals surface area contributed by atoms with Crippen LogP contribution in [0.3, 0.4) is 0 Å². The Morgan fingerprint density at radius 1 is 1.13 bits per heavy atom. The maximum Gasteiger partial charge on any atom is 0.311 e. The molecule has 0 unspecified atom stereocenters. The zero-order chi connectivity index (χ0) is 22.5. The second kappa shape index (κ2) is 9.80. The third-order valence-electron chi connectivity index (χ3n) is 4.56. The summed E-state index contributed by atoms with van der Waals surface area (Å²) in [5, 5.41) is 4.25. The van der Waals surface area contributed by atoms with Crippen LogP contribution in [0.1, 0.15) is 22.3 Å². The number of hydrazine groups is 1. The van der Waals surface area contributed by atoms with Crippen LogP contribution in [0.15, 0.2) is 42.5 Å². The first-order valence-electron chi connectivity index (χ1n) is 9.32. The predicted octanol–water partition coefficient (Wildman–Crippen LogP) is 2.98. The Morgan fingerprint density at radius 3 is 2.55 bits per heavy atom. The van der Waals surface area contributed by atoms with E-state index >= 15 is 0 Å². The lowest BCUT2D eigenvalue weighted by Gasteiger charge is -2.17. The number of nitrogens with zero attached hydrogens (tertiary/aromatic N) is 1. The topological polar surface area (TPSA) is 105 Å². The molecule has 10 heteroatoms. The monoisotopic (exact) mass is 463 g/mol. The molecule has 0 bridgehead atoms. The molecule has 0 aromatic heterocycles. The van der Waals surface area contributed by atoms with Gasteiger partial charge < -0.3 is 10.1 Å². The lowest BCUT2D eigenvalue weighted by Crippen LogP contribution is -2.43. The first-order valence-corrected chi connectivity index (χ1v) is 10.1. The van der Waals surface area contributed by atoms with E-state index in [1.54, 1.807) is 30.3 Å². The van der Waals surface area contributed by atoms with Gasteiger partial charge in [-0.25, -0.2) is 0 Å². The number of carbonyl (C=O) groups excluding carboxylic acids is 4. The number of nitrogens with one attached hydrogen (secondary N) is 2. The van der Waals surface area contributed by atoms with Crippen LogP contribution >= 0.6 is 23.2 Å². The Hall–Kier alpha value is -3.10. The number of benzene rings is 2. The average Bonchev–Trinajstić information content (AvgIpc) is 3.09. The van der Waals surface area contributed by atoms with Crippen molar-refractivity contribution >= 4 is 52.6 Å². The Kier molecular flexibility index (Phi) is 7.14. The van der Waals surface area contributed by atoms with Crippen molar-refractivity contribution in [3.05, 3.63) is 63.6 Å². The van der Waals surface area contributed by atoms with Crippen LogP contribution in [0.4, 0.5) is 5.69 Å². The number of anilines is 1. The summed E-state index contributed by atoms with van der Waals surface area (Å²) in [5.74, 6) is -3.00. The zero-order valence-electron chi connectivity index (χ0n) is 16.5. The summed E-state index contributed by atoms with van der Waals surface area (Å²) in [4.78, 5) is 48.7. The van der Waals surface area contributed by atoms with Gasteiger partial charge in [0.15, 0.2) is 6.61 Å². The number of amides is 3. The van der Waals surface area contributed by atoms with Crippen molar-refractivity contribution < 1.29 is 23.9 Å². The normalized spacial score (nSPS) is 15.5.